The van der Waals surface area contributed by atoms with E-state index < -0.39 is 0 Å². The fourth-order valence-corrected chi connectivity index (χ4v) is 2.43. The summed E-state index contributed by atoms with van der Waals surface area (Å²) >= 11 is 1.61. The highest BCUT2D eigenvalue weighted by Gasteiger charge is 2.11. The molecule has 0 aliphatic heterocycles. The molecule has 0 aliphatic carbocycles. The summed E-state index contributed by atoms with van der Waals surface area (Å²) in [5.41, 5.74) is 7.30. The van der Waals surface area contributed by atoms with E-state index in [0.717, 1.165) is 11.4 Å². The quantitative estimate of drug-likeness (QED) is 0.894. The minimum atomic E-state index is -0.175. The van der Waals surface area contributed by atoms with Crippen LogP contribution in [-0.4, -0.2) is 15.9 Å². The van der Waals surface area contributed by atoms with Gasteiger partial charge in [-0.15, -0.1) is 11.3 Å². The first-order valence-corrected chi connectivity index (χ1v) is 6.85. The molecule has 0 saturated carbocycles. The normalized spacial score (nSPS) is 10.4. The van der Waals surface area contributed by atoms with Gasteiger partial charge in [0.1, 0.15) is 5.01 Å². The van der Waals surface area contributed by atoms with Gasteiger partial charge in [0.2, 0.25) is 0 Å². The van der Waals surface area contributed by atoms with Gasteiger partial charge in [0.15, 0.2) is 0 Å². The molecule has 2 aromatic rings. The van der Waals surface area contributed by atoms with Gasteiger partial charge >= 0.3 is 0 Å². The molecule has 0 aliphatic rings. The van der Waals surface area contributed by atoms with Gasteiger partial charge in [-0.05, 0) is 19.4 Å². The lowest BCUT2D eigenvalue weighted by molar-refractivity contribution is 0.0950. The lowest BCUT2D eigenvalue weighted by Crippen LogP contribution is -2.24. The number of aromatic nitrogens is 2. The monoisotopic (exact) mass is 276 g/mol. The van der Waals surface area contributed by atoms with Crippen molar-refractivity contribution in [1.29, 1.82) is 0 Å². The van der Waals surface area contributed by atoms with E-state index in [1.54, 1.807) is 30.5 Å². The molecular formula is C13H16N4OS. The maximum atomic E-state index is 12.0. The molecule has 5 nitrogen and oxygen atoms in total. The van der Waals surface area contributed by atoms with Crippen LogP contribution < -0.4 is 11.1 Å². The van der Waals surface area contributed by atoms with Crippen LogP contribution in [0.5, 0.6) is 0 Å². The van der Waals surface area contributed by atoms with Gasteiger partial charge < -0.3 is 11.1 Å². The molecule has 0 atom stereocenters. The van der Waals surface area contributed by atoms with Crippen LogP contribution >= 0.6 is 11.3 Å². The fourth-order valence-electron chi connectivity index (χ4n) is 1.62. The molecule has 2 aromatic heterocycles. The van der Waals surface area contributed by atoms with Crippen molar-refractivity contribution in [2.24, 2.45) is 0 Å². The van der Waals surface area contributed by atoms with Gasteiger partial charge in [-0.25, -0.2) is 4.98 Å². The first-order chi connectivity index (χ1) is 9.10. The summed E-state index contributed by atoms with van der Waals surface area (Å²) in [5.74, 6) is -0.175. The number of nitrogens with zero attached hydrogens (tertiary/aromatic N) is 2. The molecular weight excluding hydrogens is 260 g/mol. The highest BCUT2D eigenvalue weighted by molar-refractivity contribution is 7.11. The molecule has 0 fully saturated rings. The Morgan fingerprint density at radius 3 is 2.89 bits per heavy atom. The second-order valence-electron chi connectivity index (χ2n) is 4.16. The second-order valence-corrected chi connectivity index (χ2v) is 5.36. The Labute approximate surface area is 115 Å². The predicted octanol–water partition coefficient (Wildman–Crippen LogP) is 1.92. The fraction of sp³-hybridized carbons (Fsp3) is 0.308. The summed E-state index contributed by atoms with van der Waals surface area (Å²) in [5, 5.41) is 3.74. The van der Waals surface area contributed by atoms with Crippen molar-refractivity contribution in [1.82, 2.24) is 15.3 Å². The van der Waals surface area contributed by atoms with Crippen molar-refractivity contribution in [2.45, 2.75) is 26.8 Å². The number of anilines is 1. The van der Waals surface area contributed by atoms with Crippen molar-refractivity contribution < 1.29 is 4.79 Å². The number of nitrogens with two attached hydrogens (primary N) is 1. The van der Waals surface area contributed by atoms with Gasteiger partial charge in [-0.3, -0.25) is 9.78 Å². The SMILES string of the molecule is CCc1cnc(CNC(=O)c2cc(N)cnc2C)s1. The number of pyridine rings is 1. The number of aryl methyl sites for hydroxylation is 2. The first kappa shape index (κ1) is 13.5. The van der Waals surface area contributed by atoms with E-state index in [0.29, 0.717) is 23.5 Å². The zero-order valence-corrected chi connectivity index (χ0v) is 11.8. The third-order valence-corrected chi connectivity index (χ3v) is 3.84. The van der Waals surface area contributed by atoms with Crippen LogP contribution in [0, 0.1) is 6.92 Å². The molecule has 19 heavy (non-hydrogen) atoms. The second kappa shape index (κ2) is 5.79. The Hall–Kier alpha value is -1.95. The Balaban J connectivity index is 2.03. The zero-order valence-electron chi connectivity index (χ0n) is 10.9. The van der Waals surface area contributed by atoms with Crippen molar-refractivity contribution in [2.75, 3.05) is 5.73 Å². The van der Waals surface area contributed by atoms with Gasteiger partial charge in [0, 0.05) is 11.1 Å². The number of hydrogen-bond acceptors (Lipinski definition) is 5. The van der Waals surface area contributed by atoms with Crippen LogP contribution in [0.25, 0.3) is 0 Å². The van der Waals surface area contributed by atoms with Crippen molar-refractivity contribution in [3.8, 4) is 0 Å². The minimum absolute atomic E-state index is 0.175. The van der Waals surface area contributed by atoms with Gasteiger partial charge in [-0.2, -0.15) is 0 Å². The molecule has 2 heterocycles. The predicted molar refractivity (Wildman–Crippen MR) is 76.0 cm³/mol. The maximum Gasteiger partial charge on any atom is 0.253 e. The van der Waals surface area contributed by atoms with Crippen LogP contribution in [0.1, 0.15) is 32.9 Å². The summed E-state index contributed by atoms with van der Waals surface area (Å²) in [4.78, 5) is 21.6. The van der Waals surface area contributed by atoms with E-state index in [2.05, 4.69) is 22.2 Å². The van der Waals surface area contributed by atoms with Gasteiger partial charge in [-0.1, -0.05) is 6.92 Å². The lowest BCUT2D eigenvalue weighted by Gasteiger charge is -2.06. The van der Waals surface area contributed by atoms with Gasteiger partial charge in [0.25, 0.3) is 5.91 Å². The molecule has 100 valence electrons. The van der Waals surface area contributed by atoms with Crippen LogP contribution in [0.2, 0.25) is 0 Å². The first-order valence-electron chi connectivity index (χ1n) is 6.04. The molecule has 2 rings (SSSR count). The number of nitrogens with one attached hydrogen (secondary N) is 1. The zero-order chi connectivity index (χ0) is 13.8. The van der Waals surface area contributed by atoms with Crippen LogP contribution in [0.15, 0.2) is 18.5 Å². The Morgan fingerprint density at radius 2 is 2.21 bits per heavy atom. The number of nitrogen functional groups attached to an aromatic ring is 1. The summed E-state index contributed by atoms with van der Waals surface area (Å²) in [7, 11) is 0. The van der Waals surface area contributed by atoms with E-state index in [-0.39, 0.29) is 5.91 Å². The minimum Gasteiger partial charge on any atom is -0.397 e. The number of amides is 1. The number of rotatable bonds is 4. The molecule has 0 bridgehead atoms. The summed E-state index contributed by atoms with van der Waals surface area (Å²) in [6.07, 6.45) is 4.35. The molecule has 3 N–H and O–H groups in total. The van der Waals surface area contributed by atoms with E-state index >= 15 is 0 Å². The van der Waals surface area contributed by atoms with Crippen molar-refractivity contribution >= 4 is 22.9 Å². The van der Waals surface area contributed by atoms with Crippen LogP contribution in [0.4, 0.5) is 5.69 Å². The molecule has 0 saturated heterocycles. The van der Waals surface area contributed by atoms with Crippen molar-refractivity contribution in [3.63, 3.8) is 0 Å². The Bertz CT molecular complexity index is 594. The third-order valence-electron chi connectivity index (χ3n) is 2.70. The summed E-state index contributed by atoms with van der Waals surface area (Å²) < 4.78 is 0. The molecule has 0 aromatic carbocycles. The average molecular weight is 276 g/mol. The Morgan fingerprint density at radius 1 is 1.42 bits per heavy atom. The van der Waals surface area contributed by atoms with Crippen LogP contribution in [-0.2, 0) is 13.0 Å². The summed E-state index contributed by atoms with van der Waals surface area (Å²) in [6.45, 7) is 4.29. The number of hydrogen-bond donors (Lipinski definition) is 2. The third kappa shape index (κ3) is 3.29. The molecule has 0 unspecified atom stereocenters. The van der Waals surface area contributed by atoms with E-state index in [1.165, 1.54) is 4.88 Å². The maximum absolute atomic E-state index is 12.0. The standard InChI is InChI=1S/C13H16N4OS/c1-3-10-6-16-12(19-10)7-17-13(18)11-4-9(14)5-15-8(11)2/h4-6H,3,7,14H2,1-2H3,(H,17,18). The van der Waals surface area contributed by atoms with E-state index in [9.17, 15) is 4.79 Å². The van der Waals surface area contributed by atoms with E-state index in [1.807, 2.05) is 6.20 Å². The number of carbonyl (C=O) groups is 1. The largest absolute Gasteiger partial charge is 0.397 e. The summed E-state index contributed by atoms with van der Waals surface area (Å²) in [6, 6.07) is 1.64. The molecule has 0 radical (unpaired) electrons. The molecule has 0 spiro atoms. The van der Waals surface area contributed by atoms with Crippen molar-refractivity contribution in [3.05, 3.63) is 39.6 Å². The van der Waals surface area contributed by atoms with Gasteiger partial charge in [0.05, 0.1) is 29.7 Å². The lowest BCUT2D eigenvalue weighted by atomic mass is 10.2. The molecule has 1 amide bonds. The average Bonchev–Trinajstić information content (AvgIpc) is 2.87. The highest BCUT2D eigenvalue weighted by atomic mass is 32.1. The number of carbonyl (C=O) groups excluding carboxylic acids is 1. The Kier molecular flexibility index (Phi) is 4.11. The highest BCUT2D eigenvalue weighted by Crippen LogP contribution is 2.14. The smallest absolute Gasteiger partial charge is 0.253 e. The van der Waals surface area contributed by atoms with E-state index in [4.69, 9.17) is 5.73 Å². The topological polar surface area (TPSA) is 80.9 Å². The number of thiazole rings is 1. The van der Waals surface area contributed by atoms with Crippen LogP contribution in [0.3, 0.4) is 0 Å². The molecule has 6 heteroatoms.